The van der Waals surface area contributed by atoms with Gasteiger partial charge in [0.05, 0.1) is 5.69 Å². The van der Waals surface area contributed by atoms with Gasteiger partial charge in [-0.15, -0.1) is 11.8 Å². The van der Waals surface area contributed by atoms with E-state index in [-0.39, 0.29) is 24.3 Å². The number of anilines is 2. The zero-order chi connectivity index (χ0) is 20.7. The van der Waals surface area contributed by atoms with Gasteiger partial charge in [-0.25, -0.2) is 0 Å². The quantitative estimate of drug-likeness (QED) is 0.715. The van der Waals surface area contributed by atoms with Crippen molar-refractivity contribution in [1.29, 1.82) is 0 Å². The smallest absolute Gasteiger partial charge is 0.250 e. The predicted molar refractivity (Wildman–Crippen MR) is 117 cm³/mol. The summed E-state index contributed by atoms with van der Waals surface area (Å²) >= 11 is 1.30. The van der Waals surface area contributed by atoms with E-state index in [1.54, 1.807) is 9.80 Å². The third-order valence-corrected chi connectivity index (χ3v) is 7.25. The number of likely N-dealkylation sites (tertiary alicyclic amines) is 1. The molecule has 0 N–H and O–H groups in total. The average molecular weight is 422 g/mol. The fraction of sp³-hybridized carbons (Fsp3) is 0.348. The second-order valence-corrected chi connectivity index (χ2v) is 8.99. The maximum Gasteiger partial charge on any atom is 0.250 e. The van der Waals surface area contributed by atoms with Gasteiger partial charge in [0.25, 0.3) is 5.91 Å². The van der Waals surface area contributed by atoms with Crippen LogP contribution >= 0.6 is 11.8 Å². The fourth-order valence-electron chi connectivity index (χ4n) is 4.46. The number of fused-ring (bicyclic) bond motifs is 2. The van der Waals surface area contributed by atoms with E-state index in [2.05, 4.69) is 0 Å². The first-order valence-corrected chi connectivity index (χ1v) is 11.3. The van der Waals surface area contributed by atoms with Crippen molar-refractivity contribution in [2.75, 3.05) is 36.0 Å². The third kappa shape index (κ3) is 3.27. The van der Waals surface area contributed by atoms with Gasteiger partial charge in [-0.3, -0.25) is 14.4 Å². The number of nitrogens with zero attached hydrogens (tertiary/aromatic N) is 3. The molecule has 3 heterocycles. The Bertz CT molecular complexity index is 1020. The number of hydrogen-bond acceptors (Lipinski definition) is 4. The minimum absolute atomic E-state index is 0.0610. The van der Waals surface area contributed by atoms with Crippen molar-refractivity contribution in [2.24, 2.45) is 0 Å². The molecule has 0 spiro atoms. The average Bonchev–Trinajstić information content (AvgIpc) is 3.45. The number of amides is 3. The summed E-state index contributed by atoms with van der Waals surface area (Å²) in [6.45, 7) is 1.96. The van der Waals surface area contributed by atoms with Crippen LogP contribution in [-0.4, -0.2) is 54.1 Å². The first-order valence-electron chi connectivity index (χ1n) is 10.4. The lowest BCUT2D eigenvalue weighted by atomic mass is 10.2. The molecule has 0 radical (unpaired) electrons. The topological polar surface area (TPSA) is 60.9 Å². The zero-order valence-corrected chi connectivity index (χ0v) is 17.4. The molecule has 0 aromatic heterocycles. The van der Waals surface area contributed by atoms with Gasteiger partial charge in [-0.05, 0) is 43.0 Å². The van der Waals surface area contributed by atoms with Gasteiger partial charge in [0.1, 0.15) is 6.54 Å². The fourth-order valence-corrected chi connectivity index (χ4v) is 5.65. The van der Waals surface area contributed by atoms with Crippen molar-refractivity contribution in [3.05, 3.63) is 54.1 Å². The van der Waals surface area contributed by atoms with E-state index in [1.807, 2.05) is 48.5 Å². The normalized spacial score (nSPS) is 20.3. The second kappa shape index (κ2) is 7.80. The van der Waals surface area contributed by atoms with E-state index in [4.69, 9.17) is 0 Å². The lowest BCUT2D eigenvalue weighted by Gasteiger charge is -2.34. The van der Waals surface area contributed by atoms with E-state index in [0.29, 0.717) is 25.3 Å². The van der Waals surface area contributed by atoms with Crippen LogP contribution in [-0.2, 0) is 20.8 Å². The van der Waals surface area contributed by atoms with Gasteiger partial charge in [0, 0.05) is 30.2 Å². The molecule has 0 bridgehead atoms. The van der Waals surface area contributed by atoms with Crippen molar-refractivity contribution in [2.45, 2.75) is 29.4 Å². The van der Waals surface area contributed by atoms with Crippen molar-refractivity contribution in [3.63, 3.8) is 0 Å². The molecule has 1 atom stereocenters. The Morgan fingerprint density at radius 1 is 0.933 bits per heavy atom. The van der Waals surface area contributed by atoms with Crippen molar-refractivity contribution in [1.82, 2.24) is 4.90 Å². The summed E-state index contributed by atoms with van der Waals surface area (Å²) in [6.07, 6.45) is 2.77. The lowest BCUT2D eigenvalue weighted by Crippen LogP contribution is -2.52. The van der Waals surface area contributed by atoms with Gasteiger partial charge >= 0.3 is 0 Å². The molecule has 1 fully saturated rings. The van der Waals surface area contributed by atoms with Crippen LogP contribution in [0.5, 0.6) is 0 Å². The lowest BCUT2D eigenvalue weighted by molar-refractivity contribution is -0.134. The molecule has 2 aromatic carbocycles. The van der Waals surface area contributed by atoms with Crippen LogP contribution in [0.25, 0.3) is 0 Å². The summed E-state index contributed by atoms with van der Waals surface area (Å²) in [7, 11) is 0. The monoisotopic (exact) mass is 421 g/mol. The minimum atomic E-state index is -0.823. The first kappa shape index (κ1) is 19.2. The van der Waals surface area contributed by atoms with Crippen LogP contribution in [0.3, 0.4) is 0 Å². The van der Waals surface area contributed by atoms with E-state index in [1.165, 1.54) is 16.7 Å². The van der Waals surface area contributed by atoms with Crippen molar-refractivity contribution in [3.8, 4) is 0 Å². The highest BCUT2D eigenvalue weighted by molar-refractivity contribution is 8.01. The van der Waals surface area contributed by atoms with Gasteiger partial charge < -0.3 is 14.7 Å². The Kier molecular flexibility index (Phi) is 4.98. The SMILES string of the molecule is O=C([C@H]1Sc2ccccc2N(CC(=O)N2CCc3ccccc32)C1=O)N1CCCC1. The summed E-state index contributed by atoms with van der Waals surface area (Å²) in [4.78, 5) is 45.5. The first-order chi connectivity index (χ1) is 14.6. The van der Waals surface area contributed by atoms with E-state index in [0.717, 1.165) is 35.4 Å². The number of para-hydroxylation sites is 2. The zero-order valence-electron chi connectivity index (χ0n) is 16.6. The Balaban J connectivity index is 1.42. The Labute approximate surface area is 179 Å². The van der Waals surface area contributed by atoms with Crippen LogP contribution in [0.15, 0.2) is 53.4 Å². The standard InChI is InChI=1S/C23H23N3O3S/c27-20(25-14-11-16-7-1-2-8-17(16)25)15-26-18-9-3-4-10-19(18)30-21(23(26)29)22(28)24-12-5-6-13-24/h1-4,7-10,21H,5-6,11-15H2/t21-/m1/s1. The molecule has 7 heteroatoms. The minimum Gasteiger partial charge on any atom is -0.341 e. The molecular formula is C23H23N3O3S. The van der Waals surface area contributed by atoms with Gasteiger partial charge in [0.15, 0.2) is 5.25 Å². The molecule has 1 saturated heterocycles. The number of benzene rings is 2. The Hall–Kier alpha value is -2.80. The van der Waals surface area contributed by atoms with Gasteiger partial charge in [-0.2, -0.15) is 0 Å². The molecule has 2 aromatic rings. The summed E-state index contributed by atoms with van der Waals surface area (Å²) < 4.78 is 0. The molecule has 6 nitrogen and oxygen atoms in total. The Morgan fingerprint density at radius 3 is 2.43 bits per heavy atom. The Morgan fingerprint density at radius 2 is 1.63 bits per heavy atom. The van der Waals surface area contributed by atoms with Crippen LogP contribution in [0.1, 0.15) is 18.4 Å². The highest BCUT2D eigenvalue weighted by Gasteiger charge is 2.42. The number of thioether (sulfide) groups is 1. The summed E-state index contributed by atoms with van der Waals surface area (Å²) in [5.41, 5.74) is 2.77. The molecule has 30 heavy (non-hydrogen) atoms. The number of hydrogen-bond donors (Lipinski definition) is 0. The van der Waals surface area contributed by atoms with Crippen LogP contribution < -0.4 is 9.80 Å². The molecule has 3 amide bonds. The highest BCUT2D eigenvalue weighted by atomic mass is 32.2. The van der Waals surface area contributed by atoms with Crippen LogP contribution in [0, 0.1) is 0 Å². The number of carbonyl (C=O) groups is 3. The molecular weight excluding hydrogens is 398 g/mol. The summed E-state index contributed by atoms with van der Waals surface area (Å²) in [5, 5.41) is -0.823. The molecule has 3 aliphatic heterocycles. The van der Waals surface area contributed by atoms with Crippen LogP contribution in [0.4, 0.5) is 11.4 Å². The van der Waals surface area contributed by atoms with E-state index < -0.39 is 5.25 Å². The van der Waals surface area contributed by atoms with Gasteiger partial charge in [-0.1, -0.05) is 30.3 Å². The largest absolute Gasteiger partial charge is 0.341 e. The third-order valence-electron chi connectivity index (χ3n) is 6.01. The molecule has 0 saturated carbocycles. The molecule has 5 rings (SSSR count). The summed E-state index contributed by atoms with van der Waals surface area (Å²) in [5.74, 6) is -0.556. The van der Waals surface area contributed by atoms with Crippen LogP contribution in [0.2, 0.25) is 0 Å². The van der Waals surface area contributed by atoms with E-state index in [9.17, 15) is 14.4 Å². The molecule has 0 aliphatic carbocycles. The maximum atomic E-state index is 13.4. The van der Waals surface area contributed by atoms with E-state index >= 15 is 0 Å². The molecule has 154 valence electrons. The van der Waals surface area contributed by atoms with Gasteiger partial charge in [0.2, 0.25) is 11.8 Å². The maximum absolute atomic E-state index is 13.4. The molecule has 3 aliphatic rings. The summed E-state index contributed by atoms with van der Waals surface area (Å²) in [6, 6.07) is 15.4. The predicted octanol–water partition coefficient (Wildman–Crippen LogP) is 2.71. The number of carbonyl (C=O) groups excluding carboxylic acids is 3. The molecule has 0 unspecified atom stereocenters. The van der Waals surface area contributed by atoms with Crippen molar-refractivity contribution >= 4 is 40.9 Å². The number of rotatable bonds is 3. The van der Waals surface area contributed by atoms with Crippen molar-refractivity contribution < 1.29 is 14.4 Å². The highest BCUT2D eigenvalue weighted by Crippen LogP contribution is 2.40. The second-order valence-electron chi connectivity index (χ2n) is 7.85.